The van der Waals surface area contributed by atoms with Gasteiger partial charge in [-0.1, -0.05) is 43.3 Å². The second-order valence-corrected chi connectivity index (χ2v) is 4.18. The molecule has 1 nitrogen and oxygen atoms in total. The minimum absolute atomic E-state index is 0.940. The molecule has 17 heavy (non-hydrogen) atoms. The second-order valence-electron chi connectivity index (χ2n) is 4.18. The van der Waals surface area contributed by atoms with E-state index in [4.69, 9.17) is 4.42 Å². The molecule has 0 aliphatic carbocycles. The predicted octanol–water partition coefficient (Wildman–Crippen LogP) is 4.66. The van der Waals surface area contributed by atoms with Crippen LogP contribution in [0.15, 0.2) is 59.0 Å². The maximum Gasteiger partial charge on any atom is 0.134 e. The summed E-state index contributed by atoms with van der Waals surface area (Å²) in [6, 6.07) is 18.9. The van der Waals surface area contributed by atoms with Gasteiger partial charge < -0.3 is 4.42 Å². The van der Waals surface area contributed by atoms with Gasteiger partial charge in [-0.05, 0) is 29.3 Å². The Bertz CT molecular complexity index is 635. The largest absolute Gasteiger partial charge is 0.461 e. The molecule has 0 aliphatic rings. The Morgan fingerprint density at radius 2 is 1.71 bits per heavy atom. The van der Waals surface area contributed by atoms with Crippen LogP contribution in [0, 0.1) is 0 Å². The fraction of sp³-hybridized carbons (Fsp3) is 0.125. The van der Waals surface area contributed by atoms with Gasteiger partial charge >= 0.3 is 0 Å². The van der Waals surface area contributed by atoms with E-state index in [1.54, 1.807) is 0 Å². The molecule has 84 valence electrons. The van der Waals surface area contributed by atoms with Crippen molar-refractivity contribution in [2.45, 2.75) is 13.3 Å². The molecular weight excluding hydrogens is 208 g/mol. The van der Waals surface area contributed by atoms with E-state index in [-0.39, 0.29) is 0 Å². The molecule has 0 N–H and O–H groups in total. The fourth-order valence-electron chi connectivity index (χ4n) is 2.08. The van der Waals surface area contributed by atoms with Gasteiger partial charge in [0, 0.05) is 11.8 Å². The number of furan rings is 1. The van der Waals surface area contributed by atoms with Crippen molar-refractivity contribution >= 4 is 11.0 Å². The van der Waals surface area contributed by atoms with E-state index in [1.807, 2.05) is 6.07 Å². The van der Waals surface area contributed by atoms with Crippen LogP contribution in [0.1, 0.15) is 12.7 Å². The Kier molecular flexibility index (Phi) is 2.45. The maximum absolute atomic E-state index is 5.71. The molecule has 0 amide bonds. The molecule has 0 saturated heterocycles. The first kappa shape index (κ1) is 10.2. The van der Waals surface area contributed by atoms with Crippen LogP contribution >= 0.6 is 0 Å². The summed E-state index contributed by atoms with van der Waals surface area (Å²) in [6.45, 7) is 2.11. The molecule has 0 aliphatic heterocycles. The zero-order valence-corrected chi connectivity index (χ0v) is 9.81. The van der Waals surface area contributed by atoms with Gasteiger partial charge in [-0.3, -0.25) is 0 Å². The van der Waals surface area contributed by atoms with E-state index >= 15 is 0 Å². The number of aryl methyl sites for hydroxylation is 1. The highest BCUT2D eigenvalue weighted by molar-refractivity contribution is 5.84. The van der Waals surface area contributed by atoms with Crippen molar-refractivity contribution < 1.29 is 4.42 Å². The lowest BCUT2D eigenvalue weighted by Crippen LogP contribution is -1.75. The van der Waals surface area contributed by atoms with E-state index in [2.05, 4.69) is 55.5 Å². The molecule has 3 rings (SSSR count). The summed E-state index contributed by atoms with van der Waals surface area (Å²) in [7, 11) is 0. The third-order valence-corrected chi connectivity index (χ3v) is 3.02. The fourth-order valence-corrected chi connectivity index (χ4v) is 2.08. The number of rotatable bonds is 2. The van der Waals surface area contributed by atoms with Gasteiger partial charge in [0.05, 0.1) is 0 Å². The van der Waals surface area contributed by atoms with Crippen LogP contribution in [0.4, 0.5) is 0 Å². The summed E-state index contributed by atoms with van der Waals surface area (Å²) in [6.07, 6.45) is 0.940. The average Bonchev–Trinajstić information content (AvgIpc) is 2.81. The van der Waals surface area contributed by atoms with Crippen LogP contribution in [0.3, 0.4) is 0 Å². The average molecular weight is 222 g/mol. The van der Waals surface area contributed by atoms with E-state index in [1.165, 1.54) is 16.5 Å². The van der Waals surface area contributed by atoms with Crippen molar-refractivity contribution in [3.8, 4) is 11.1 Å². The molecular formula is C16H14O. The van der Waals surface area contributed by atoms with Crippen molar-refractivity contribution in [2.75, 3.05) is 0 Å². The monoisotopic (exact) mass is 222 g/mol. The third kappa shape index (κ3) is 1.84. The Labute approximate surface area is 101 Å². The number of hydrogen-bond acceptors (Lipinski definition) is 1. The summed E-state index contributed by atoms with van der Waals surface area (Å²) in [4.78, 5) is 0. The first-order valence-corrected chi connectivity index (χ1v) is 5.94. The lowest BCUT2D eigenvalue weighted by Gasteiger charge is -2.00. The highest BCUT2D eigenvalue weighted by atomic mass is 16.3. The van der Waals surface area contributed by atoms with E-state index in [9.17, 15) is 0 Å². The lowest BCUT2D eigenvalue weighted by molar-refractivity contribution is 0.557. The minimum atomic E-state index is 0.940. The van der Waals surface area contributed by atoms with Gasteiger partial charge in [0.2, 0.25) is 0 Å². The molecule has 0 atom stereocenters. The molecule has 0 fully saturated rings. The molecule has 1 heteroatoms. The Hall–Kier alpha value is -2.02. The van der Waals surface area contributed by atoms with Crippen LogP contribution in [0.25, 0.3) is 22.1 Å². The minimum Gasteiger partial charge on any atom is -0.461 e. The van der Waals surface area contributed by atoms with E-state index in [0.717, 1.165) is 17.8 Å². The first-order chi connectivity index (χ1) is 8.36. The molecule has 0 radical (unpaired) electrons. The molecule has 0 bridgehead atoms. The molecule has 2 aromatic carbocycles. The Balaban J connectivity index is 2.13. The SMILES string of the molecule is CCc1cc2cc(-c3ccccc3)ccc2o1. The molecule has 0 spiro atoms. The molecule has 1 heterocycles. The van der Waals surface area contributed by atoms with Crippen molar-refractivity contribution in [3.63, 3.8) is 0 Å². The molecule has 3 aromatic rings. The highest BCUT2D eigenvalue weighted by Crippen LogP contribution is 2.26. The van der Waals surface area contributed by atoms with Crippen LogP contribution in [-0.4, -0.2) is 0 Å². The lowest BCUT2D eigenvalue weighted by atomic mass is 10.0. The summed E-state index contributed by atoms with van der Waals surface area (Å²) >= 11 is 0. The van der Waals surface area contributed by atoms with E-state index < -0.39 is 0 Å². The van der Waals surface area contributed by atoms with Crippen LogP contribution < -0.4 is 0 Å². The Morgan fingerprint density at radius 1 is 0.882 bits per heavy atom. The van der Waals surface area contributed by atoms with Gasteiger partial charge in [0.15, 0.2) is 0 Å². The standard InChI is InChI=1S/C16H14O/c1-2-15-11-14-10-13(8-9-16(14)17-15)12-6-4-3-5-7-12/h3-11H,2H2,1H3. The number of benzene rings is 2. The van der Waals surface area contributed by atoms with Crippen LogP contribution in [0.2, 0.25) is 0 Å². The number of fused-ring (bicyclic) bond motifs is 1. The summed E-state index contributed by atoms with van der Waals surface area (Å²) in [5.74, 6) is 1.05. The summed E-state index contributed by atoms with van der Waals surface area (Å²) in [5.41, 5.74) is 3.46. The van der Waals surface area contributed by atoms with Gasteiger partial charge in [-0.2, -0.15) is 0 Å². The first-order valence-electron chi connectivity index (χ1n) is 5.94. The quantitative estimate of drug-likeness (QED) is 0.614. The molecule has 1 aromatic heterocycles. The summed E-state index contributed by atoms with van der Waals surface area (Å²) < 4.78 is 5.71. The third-order valence-electron chi connectivity index (χ3n) is 3.02. The van der Waals surface area contributed by atoms with Crippen LogP contribution in [0.5, 0.6) is 0 Å². The van der Waals surface area contributed by atoms with Crippen molar-refractivity contribution in [1.29, 1.82) is 0 Å². The van der Waals surface area contributed by atoms with Gasteiger partial charge in [0.25, 0.3) is 0 Å². The second kappa shape index (κ2) is 4.10. The normalized spacial score (nSPS) is 10.9. The van der Waals surface area contributed by atoms with Crippen molar-refractivity contribution in [2.24, 2.45) is 0 Å². The van der Waals surface area contributed by atoms with Crippen molar-refractivity contribution in [3.05, 3.63) is 60.4 Å². The maximum atomic E-state index is 5.71. The van der Waals surface area contributed by atoms with Crippen molar-refractivity contribution in [1.82, 2.24) is 0 Å². The van der Waals surface area contributed by atoms with Gasteiger partial charge in [0.1, 0.15) is 11.3 Å². The Morgan fingerprint density at radius 3 is 2.47 bits per heavy atom. The van der Waals surface area contributed by atoms with Crippen LogP contribution in [-0.2, 0) is 6.42 Å². The van der Waals surface area contributed by atoms with Gasteiger partial charge in [-0.15, -0.1) is 0 Å². The number of hydrogen-bond donors (Lipinski definition) is 0. The molecule has 0 saturated carbocycles. The van der Waals surface area contributed by atoms with E-state index in [0.29, 0.717) is 0 Å². The highest BCUT2D eigenvalue weighted by Gasteiger charge is 2.04. The van der Waals surface area contributed by atoms with Gasteiger partial charge in [-0.25, -0.2) is 0 Å². The summed E-state index contributed by atoms with van der Waals surface area (Å²) in [5, 5.41) is 1.18. The zero-order valence-electron chi connectivity index (χ0n) is 9.81. The zero-order chi connectivity index (χ0) is 11.7. The predicted molar refractivity (Wildman–Crippen MR) is 71.0 cm³/mol. The molecule has 0 unspecified atom stereocenters. The smallest absolute Gasteiger partial charge is 0.134 e. The topological polar surface area (TPSA) is 13.1 Å².